The molecule has 0 saturated heterocycles. The van der Waals surface area contributed by atoms with Gasteiger partial charge in [0.25, 0.3) is 0 Å². The smallest absolute Gasteiger partial charge is 0.0792 e. The minimum Gasteiger partial charge on any atom is -0.596 e. The molecule has 2 aliphatic carbocycles. The van der Waals surface area contributed by atoms with E-state index in [0.717, 1.165) is 87.5 Å². The van der Waals surface area contributed by atoms with Gasteiger partial charge in [-0.25, -0.2) is 0 Å². The zero-order valence-electron chi connectivity index (χ0n) is 33.4. The van der Waals surface area contributed by atoms with Crippen molar-refractivity contribution in [3.8, 4) is 0 Å². The quantitative estimate of drug-likeness (QED) is 0.0669. The Morgan fingerprint density at radius 1 is 0.727 bits per heavy atom. The normalized spacial score (nSPS) is 23.0. The van der Waals surface area contributed by atoms with Crippen LogP contribution < -0.4 is 0 Å². The van der Waals surface area contributed by atoms with Crippen molar-refractivity contribution in [1.82, 2.24) is 0 Å². The monoisotopic (exact) mass is 934 g/mol. The van der Waals surface area contributed by atoms with Crippen LogP contribution in [0.1, 0.15) is 161 Å². The van der Waals surface area contributed by atoms with E-state index >= 15 is 0 Å². The van der Waals surface area contributed by atoms with E-state index in [9.17, 15) is 10.2 Å². The van der Waals surface area contributed by atoms with Crippen LogP contribution in [0.15, 0.2) is 89.3 Å². The molecule has 1 heterocycles. The molecule has 2 N–H and O–H groups in total. The maximum Gasteiger partial charge on any atom is 0.0792 e. The summed E-state index contributed by atoms with van der Waals surface area (Å²) in [6, 6.07) is 29.8. The summed E-state index contributed by atoms with van der Waals surface area (Å²) in [6.07, 6.45) is 15.6. The van der Waals surface area contributed by atoms with E-state index in [4.69, 9.17) is 27.6 Å². The Morgan fingerprint density at radius 2 is 1.31 bits per heavy atom. The summed E-state index contributed by atoms with van der Waals surface area (Å²) in [7, 11) is 0. The van der Waals surface area contributed by atoms with Crippen molar-refractivity contribution >= 4 is 23.2 Å². The first-order valence-electron chi connectivity index (χ1n) is 20.3. The van der Waals surface area contributed by atoms with Crippen LogP contribution in [0, 0.1) is 25.0 Å². The summed E-state index contributed by atoms with van der Waals surface area (Å²) >= 11 is 13.4. The third-order valence-corrected chi connectivity index (χ3v) is 12.8. The summed E-state index contributed by atoms with van der Waals surface area (Å²) in [6.45, 7) is 10.4. The van der Waals surface area contributed by atoms with Crippen molar-refractivity contribution in [2.24, 2.45) is 11.8 Å². The van der Waals surface area contributed by atoms with E-state index in [1.165, 1.54) is 35.1 Å². The Balaban J connectivity index is 0.000000285. The number of hydrogen-bond acceptors (Lipinski definition) is 3. The van der Waals surface area contributed by atoms with Gasteiger partial charge in [0, 0.05) is 82.1 Å². The first kappa shape index (κ1) is 49.0. The van der Waals surface area contributed by atoms with Gasteiger partial charge >= 0.3 is 0 Å². The van der Waals surface area contributed by atoms with Gasteiger partial charge in [-0.05, 0) is 103 Å². The Labute approximate surface area is 393 Å². The van der Waals surface area contributed by atoms with Crippen molar-refractivity contribution in [2.75, 3.05) is 0 Å². The fourth-order valence-electron chi connectivity index (χ4n) is 8.67. The van der Waals surface area contributed by atoms with Crippen LogP contribution in [0.3, 0.4) is 0 Å². The molecule has 8 unspecified atom stereocenters. The van der Waals surface area contributed by atoms with Gasteiger partial charge in [0.1, 0.15) is 0 Å². The first-order chi connectivity index (χ1) is 25.7. The summed E-state index contributed by atoms with van der Waals surface area (Å²) in [4.78, 5) is 0. The van der Waals surface area contributed by atoms with Crippen LogP contribution in [0.2, 0.25) is 0 Å². The topological polar surface area (TPSA) is 53.6 Å². The van der Waals surface area contributed by atoms with Crippen molar-refractivity contribution in [2.45, 2.75) is 145 Å². The van der Waals surface area contributed by atoms with Crippen molar-refractivity contribution < 1.29 is 80.0 Å². The zero-order valence-corrected chi connectivity index (χ0v) is 40.6. The molecule has 8 atom stereocenters. The summed E-state index contributed by atoms with van der Waals surface area (Å²) < 4.78 is 5.32. The molecule has 6 rings (SSSR count). The Hall–Kier alpha value is -0.352. The summed E-state index contributed by atoms with van der Waals surface area (Å²) in [5.74, 6) is 3.34. The molecule has 55 heavy (non-hydrogen) atoms. The number of unbranched alkanes of at least 4 members (excludes halogenated alkanes) is 2. The second-order valence-electron chi connectivity index (χ2n) is 16.0. The van der Waals surface area contributed by atoms with E-state index in [2.05, 4.69) is 107 Å². The van der Waals surface area contributed by atoms with E-state index < -0.39 is 0 Å². The van der Waals surface area contributed by atoms with Gasteiger partial charge in [0.05, 0.1) is 12.2 Å². The predicted octanol–water partition coefficient (Wildman–Crippen LogP) is 13.2. The molecule has 3 aromatic carbocycles. The molecule has 2 radical (unpaired) electrons. The molecule has 0 bridgehead atoms. The molecule has 2 aliphatic rings. The van der Waals surface area contributed by atoms with Gasteiger partial charge in [-0.2, -0.15) is 12.5 Å². The second-order valence-corrected chi connectivity index (χ2v) is 17.1. The number of hydrogen-bond donors (Lipinski definition) is 2. The third kappa shape index (κ3) is 14.4. The van der Waals surface area contributed by atoms with Gasteiger partial charge in [-0.3, -0.25) is 0 Å². The number of aryl methyl sites for hydroxylation is 1. The van der Waals surface area contributed by atoms with Gasteiger partial charge in [-0.1, -0.05) is 137 Å². The largest absolute Gasteiger partial charge is 0.596 e. The fraction of sp³-hybridized carbons (Fsp3) is 0.521. The maximum absolute atomic E-state index is 10.4. The zero-order chi connectivity index (χ0) is 37.7. The van der Waals surface area contributed by atoms with Crippen LogP contribution in [-0.4, -0.2) is 21.0 Å². The first-order valence-corrected chi connectivity index (χ1v) is 21.2. The van der Waals surface area contributed by atoms with Crippen molar-refractivity contribution in [3.63, 3.8) is 0 Å². The molecule has 4 aromatic rings. The number of halogens is 2. The molecular formula is C48H62Cl2O3Y2-2. The number of aliphatic hydroxyl groups excluding tert-OH is 2. The Bertz CT molecular complexity index is 1590. The standard InChI is InChI=1S/C25H32ClO.C23H30ClO2.2Y/c1-3-5-6-7-24(27)20-14-12-19(13-15-20)22-16-17-23(26)25(22)21-10-8-18(4-2)9-11-21;1-16(2)15-23(25)18-10-8-17(9-11-18)20-12-13-22(24)21(20)7-3-5-19-6-4-14-26-19;;/h8-15,22-25,27H,2-7,16-17H2,1H3;4,6,8-11,16,20-23,25H,3,5,7,12-13,15H2,1-2H3;;/q2*-1;;. The van der Waals surface area contributed by atoms with Crippen LogP contribution in [0.25, 0.3) is 0 Å². The van der Waals surface area contributed by atoms with Crippen molar-refractivity contribution in [1.29, 1.82) is 0 Å². The number of benzene rings is 3. The van der Waals surface area contributed by atoms with Gasteiger partial charge < -0.3 is 21.6 Å². The van der Waals surface area contributed by atoms with E-state index in [1.54, 1.807) is 0 Å². The van der Waals surface area contributed by atoms with E-state index in [0.29, 0.717) is 29.6 Å². The molecule has 7 heteroatoms. The number of rotatable bonds is 16. The molecule has 1 aromatic heterocycles. The average molecular weight is 936 g/mol. The molecule has 3 nitrogen and oxygen atoms in total. The fourth-order valence-corrected chi connectivity index (χ4v) is 9.55. The number of furan rings is 1. The maximum atomic E-state index is 10.4. The minimum atomic E-state index is -0.366. The Kier molecular flexibility index (Phi) is 22.6. The average Bonchev–Trinajstić information content (AvgIpc) is 3.92. The molecule has 2 saturated carbocycles. The van der Waals surface area contributed by atoms with Gasteiger partial charge in [-0.15, -0.1) is 29.3 Å². The third-order valence-electron chi connectivity index (χ3n) is 11.7. The molecule has 0 amide bonds. The van der Waals surface area contributed by atoms with Crippen LogP contribution in [-0.2, 0) is 78.3 Å². The van der Waals surface area contributed by atoms with Crippen LogP contribution >= 0.6 is 23.2 Å². The molecule has 294 valence electrons. The summed E-state index contributed by atoms with van der Waals surface area (Å²) in [5.41, 5.74) is 7.36. The SMILES string of the molecule is CC(C)CC(O)c1ccc(C2CCC(Cl)C2CCCc2cc[c-]o2)cc1.[CH2-]Cc1ccc(C2C(Cl)CCC2c2ccc(C(O)CCCCC)cc2)cc1.[Y].[Y]. The molecule has 0 spiro atoms. The van der Waals surface area contributed by atoms with Gasteiger partial charge in [0.15, 0.2) is 0 Å². The number of aliphatic hydroxyl groups is 2. The number of alkyl halides is 2. The summed E-state index contributed by atoms with van der Waals surface area (Å²) in [5, 5.41) is 21.2. The second kappa shape index (κ2) is 25.3. The Morgan fingerprint density at radius 3 is 1.89 bits per heavy atom. The molecule has 2 fully saturated rings. The van der Waals surface area contributed by atoms with Crippen LogP contribution in [0.5, 0.6) is 0 Å². The molecular weight excluding hydrogens is 873 g/mol. The minimum absolute atomic E-state index is 0. The van der Waals surface area contributed by atoms with Crippen molar-refractivity contribution in [3.05, 3.63) is 137 Å². The van der Waals surface area contributed by atoms with E-state index in [1.807, 2.05) is 12.1 Å². The van der Waals surface area contributed by atoms with Gasteiger partial charge in [0.2, 0.25) is 0 Å². The predicted molar refractivity (Wildman–Crippen MR) is 222 cm³/mol. The molecule has 0 aliphatic heterocycles. The van der Waals surface area contributed by atoms with Crippen LogP contribution in [0.4, 0.5) is 0 Å². The van der Waals surface area contributed by atoms with E-state index in [-0.39, 0.29) is 88.4 Å².